The van der Waals surface area contributed by atoms with Crippen LogP contribution in [0.15, 0.2) is 46.3 Å². The number of thiophene rings is 1. The van der Waals surface area contributed by atoms with Gasteiger partial charge in [0.15, 0.2) is 5.17 Å². The van der Waals surface area contributed by atoms with Crippen molar-refractivity contribution in [3.05, 3.63) is 51.1 Å². The number of benzene rings is 1. The van der Waals surface area contributed by atoms with Crippen LogP contribution < -0.4 is 4.74 Å². The van der Waals surface area contributed by atoms with Crippen LogP contribution in [0.2, 0.25) is 0 Å². The Hall–Kier alpha value is -2.05. The first-order valence-electron chi connectivity index (χ1n) is 8.11. The molecule has 1 aromatic heterocycles. The SMILES string of the molecule is CCCN1C(=O)/C(=C\c2ccc(C)s2)SC1=Nc1ccc(OC)cc1. The Balaban J connectivity index is 1.90. The highest BCUT2D eigenvalue weighted by atomic mass is 32.2. The number of thioether (sulfide) groups is 1. The third kappa shape index (κ3) is 4.14. The number of amides is 1. The van der Waals surface area contributed by atoms with Crippen LogP contribution in [0.25, 0.3) is 6.08 Å². The van der Waals surface area contributed by atoms with Crippen LogP contribution in [0.3, 0.4) is 0 Å². The normalized spacial score (nSPS) is 17.7. The molecule has 0 N–H and O–H groups in total. The van der Waals surface area contributed by atoms with E-state index in [0.29, 0.717) is 6.54 Å². The number of aliphatic imine (C=N–C) groups is 1. The maximum Gasteiger partial charge on any atom is 0.266 e. The number of carbonyl (C=O) groups is 1. The molecule has 1 saturated heterocycles. The molecule has 0 atom stereocenters. The summed E-state index contributed by atoms with van der Waals surface area (Å²) in [4.78, 5) is 22.2. The highest BCUT2D eigenvalue weighted by molar-refractivity contribution is 8.18. The Bertz CT molecular complexity index is 822. The zero-order valence-electron chi connectivity index (χ0n) is 14.5. The lowest BCUT2D eigenvalue weighted by Crippen LogP contribution is -2.29. The highest BCUT2D eigenvalue weighted by Crippen LogP contribution is 2.35. The average Bonchev–Trinajstić information content (AvgIpc) is 3.14. The highest BCUT2D eigenvalue weighted by Gasteiger charge is 2.32. The third-order valence-electron chi connectivity index (χ3n) is 3.67. The van der Waals surface area contributed by atoms with Gasteiger partial charge in [0.2, 0.25) is 0 Å². The van der Waals surface area contributed by atoms with E-state index in [1.165, 1.54) is 16.6 Å². The Kier molecular flexibility index (Phi) is 5.60. The second kappa shape index (κ2) is 7.89. The number of ether oxygens (including phenoxy) is 1. The number of methoxy groups -OCH3 is 1. The molecule has 2 aromatic rings. The molecule has 3 rings (SSSR count). The van der Waals surface area contributed by atoms with Crippen molar-refractivity contribution >= 4 is 45.9 Å². The molecule has 4 nitrogen and oxygen atoms in total. The maximum atomic E-state index is 12.7. The molecule has 1 aliphatic rings. The van der Waals surface area contributed by atoms with Crippen LogP contribution in [0.1, 0.15) is 23.1 Å². The molecule has 0 unspecified atom stereocenters. The molecule has 25 heavy (non-hydrogen) atoms. The molecule has 0 aliphatic carbocycles. The van der Waals surface area contributed by atoms with Crippen molar-refractivity contribution in [1.29, 1.82) is 0 Å². The summed E-state index contributed by atoms with van der Waals surface area (Å²) in [7, 11) is 1.64. The summed E-state index contributed by atoms with van der Waals surface area (Å²) in [5.74, 6) is 0.823. The number of hydrogen-bond acceptors (Lipinski definition) is 5. The molecule has 6 heteroatoms. The van der Waals surface area contributed by atoms with Crippen LogP contribution in [0.5, 0.6) is 5.75 Å². The smallest absolute Gasteiger partial charge is 0.266 e. The molecule has 1 fully saturated rings. The Morgan fingerprint density at radius 1 is 1.20 bits per heavy atom. The van der Waals surface area contributed by atoms with Gasteiger partial charge in [-0.1, -0.05) is 6.92 Å². The molecule has 1 amide bonds. The summed E-state index contributed by atoms with van der Waals surface area (Å²) in [5.41, 5.74) is 0.811. The van der Waals surface area contributed by atoms with Gasteiger partial charge in [-0.2, -0.15) is 0 Å². The number of rotatable bonds is 5. The minimum absolute atomic E-state index is 0.0326. The van der Waals surface area contributed by atoms with Crippen molar-refractivity contribution in [2.45, 2.75) is 20.3 Å². The second-order valence-corrected chi connectivity index (χ2v) is 7.94. The topological polar surface area (TPSA) is 41.9 Å². The molecule has 0 bridgehead atoms. The van der Waals surface area contributed by atoms with Gasteiger partial charge in [0.1, 0.15) is 5.75 Å². The van der Waals surface area contributed by atoms with E-state index in [-0.39, 0.29) is 5.91 Å². The molecule has 0 saturated carbocycles. The summed E-state index contributed by atoms with van der Waals surface area (Å²) in [5, 5.41) is 0.733. The minimum Gasteiger partial charge on any atom is -0.497 e. The summed E-state index contributed by atoms with van der Waals surface area (Å²) in [6, 6.07) is 11.6. The lowest BCUT2D eigenvalue weighted by Gasteiger charge is -2.13. The number of amidine groups is 1. The fourth-order valence-corrected chi connectivity index (χ4v) is 4.35. The minimum atomic E-state index is 0.0326. The van der Waals surface area contributed by atoms with Crippen molar-refractivity contribution in [2.75, 3.05) is 13.7 Å². The summed E-state index contributed by atoms with van der Waals surface area (Å²) < 4.78 is 5.18. The summed E-state index contributed by atoms with van der Waals surface area (Å²) in [6.07, 6.45) is 2.85. The fraction of sp³-hybridized carbons (Fsp3) is 0.263. The Morgan fingerprint density at radius 3 is 2.56 bits per heavy atom. The predicted octanol–water partition coefficient (Wildman–Crippen LogP) is 5.08. The quantitative estimate of drug-likeness (QED) is 0.687. The lowest BCUT2D eigenvalue weighted by atomic mass is 10.3. The Morgan fingerprint density at radius 2 is 1.96 bits per heavy atom. The van der Waals surface area contributed by atoms with E-state index in [4.69, 9.17) is 4.74 Å². The first kappa shape index (κ1) is 17.8. The second-order valence-electron chi connectivity index (χ2n) is 5.61. The van der Waals surface area contributed by atoms with E-state index >= 15 is 0 Å². The van der Waals surface area contributed by atoms with E-state index in [2.05, 4.69) is 24.9 Å². The zero-order valence-corrected chi connectivity index (χ0v) is 16.1. The fourth-order valence-electron chi connectivity index (χ4n) is 2.44. The van der Waals surface area contributed by atoms with Gasteiger partial charge in [-0.3, -0.25) is 9.69 Å². The van der Waals surface area contributed by atoms with Gasteiger partial charge in [-0.15, -0.1) is 11.3 Å². The van der Waals surface area contributed by atoms with Gasteiger partial charge in [0.25, 0.3) is 5.91 Å². The first-order valence-corrected chi connectivity index (χ1v) is 9.74. The third-order valence-corrected chi connectivity index (χ3v) is 5.62. The van der Waals surface area contributed by atoms with Crippen molar-refractivity contribution in [3.8, 4) is 5.75 Å². The molecule has 2 heterocycles. The van der Waals surface area contributed by atoms with Crippen molar-refractivity contribution in [1.82, 2.24) is 4.90 Å². The van der Waals surface area contributed by atoms with Gasteiger partial charge in [-0.25, -0.2) is 4.99 Å². The van der Waals surface area contributed by atoms with Crippen LogP contribution >= 0.6 is 23.1 Å². The average molecular weight is 373 g/mol. The number of nitrogens with zero attached hydrogens (tertiary/aromatic N) is 2. The summed E-state index contributed by atoms with van der Waals surface area (Å²) >= 11 is 3.12. The van der Waals surface area contributed by atoms with Gasteiger partial charge in [0, 0.05) is 16.3 Å². The largest absolute Gasteiger partial charge is 0.497 e. The van der Waals surface area contributed by atoms with E-state index in [1.807, 2.05) is 36.4 Å². The lowest BCUT2D eigenvalue weighted by molar-refractivity contribution is -0.122. The van der Waals surface area contributed by atoms with Crippen LogP contribution in [0, 0.1) is 6.92 Å². The molecule has 0 radical (unpaired) electrons. The first-order chi connectivity index (χ1) is 12.1. The molecule has 130 valence electrons. The predicted molar refractivity (Wildman–Crippen MR) is 107 cm³/mol. The van der Waals surface area contributed by atoms with Crippen molar-refractivity contribution in [3.63, 3.8) is 0 Å². The molecular weight excluding hydrogens is 352 g/mol. The molecule has 1 aliphatic heterocycles. The molecular formula is C19H20N2O2S2. The van der Waals surface area contributed by atoms with E-state index < -0.39 is 0 Å². The number of carbonyl (C=O) groups excluding carboxylic acids is 1. The van der Waals surface area contributed by atoms with Crippen molar-refractivity contribution < 1.29 is 9.53 Å². The van der Waals surface area contributed by atoms with Gasteiger partial charge >= 0.3 is 0 Å². The van der Waals surface area contributed by atoms with Gasteiger partial charge in [-0.05, 0) is 67.6 Å². The van der Waals surface area contributed by atoms with Gasteiger partial charge < -0.3 is 4.74 Å². The van der Waals surface area contributed by atoms with Gasteiger partial charge in [0.05, 0.1) is 17.7 Å². The van der Waals surface area contributed by atoms with E-state index in [0.717, 1.165) is 32.8 Å². The van der Waals surface area contributed by atoms with E-state index in [1.54, 1.807) is 23.3 Å². The monoisotopic (exact) mass is 372 g/mol. The summed E-state index contributed by atoms with van der Waals surface area (Å²) in [6.45, 7) is 4.80. The standard InChI is InChI=1S/C19H20N2O2S2/c1-4-11-21-18(22)17(12-16-10-5-13(2)24-16)25-19(21)20-14-6-8-15(23-3)9-7-14/h5-10,12H,4,11H2,1-3H3/b17-12+,20-19?. The number of hydrogen-bond donors (Lipinski definition) is 0. The van der Waals surface area contributed by atoms with Crippen LogP contribution in [-0.4, -0.2) is 29.6 Å². The maximum absolute atomic E-state index is 12.7. The van der Waals surface area contributed by atoms with Crippen LogP contribution in [0.4, 0.5) is 5.69 Å². The molecule has 0 spiro atoms. The van der Waals surface area contributed by atoms with Crippen molar-refractivity contribution in [2.24, 2.45) is 4.99 Å². The van der Waals surface area contributed by atoms with E-state index in [9.17, 15) is 4.79 Å². The van der Waals surface area contributed by atoms with Crippen LogP contribution in [-0.2, 0) is 4.79 Å². The Labute approximate surface area is 156 Å². The zero-order chi connectivity index (χ0) is 17.8. The number of aryl methyl sites for hydroxylation is 1. The molecule has 1 aromatic carbocycles.